The summed E-state index contributed by atoms with van der Waals surface area (Å²) in [6.45, 7) is 2.08. The summed E-state index contributed by atoms with van der Waals surface area (Å²) in [6.07, 6.45) is 1.57. The van der Waals surface area contributed by atoms with Crippen molar-refractivity contribution in [1.82, 2.24) is 9.97 Å². The van der Waals surface area contributed by atoms with Gasteiger partial charge in [-0.2, -0.15) is 0 Å². The number of aryl methyl sites for hydroxylation is 1. The van der Waals surface area contributed by atoms with Crippen molar-refractivity contribution < 1.29 is 20.1 Å². The zero-order valence-electron chi connectivity index (χ0n) is 11.2. The highest BCUT2D eigenvalue weighted by Gasteiger charge is 2.30. The number of aliphatic hydroxyl groups excluding tert-OH is 3. The van der Waals surface area contributed by atoms with Crippen LogP contribution in [0.1, 0.15) is 12.1 Å². The Morgan fingerprint density at radius 2 is 2.16 bits per heavy atom. The van der Waals surface area contributed by atoms with E-state index in [4.69, 9.17) is 20.1 Å². The predicted molar refractivity (Wildman–Crippen MR) is 69.8 cm³/mol. The maximum absolute atomic E-state index is 9.10. The van der Waals surface area contributed by atoms with E-state index in [1.165, 1.54) is 0 Å². The Bertz CT molecular complexity index is 378. The molecule has 3 atom stereocenters. The first-order valence-corrected chi connectivity index (χ1v) is 6.13. The summed E-state index contributed by atoms with van der Waals surface area (Å²) in [6, 6.07) is 0. The second kappa shape index (κ2) is 8.00. The highest BCUT2D eigenvalue weighted by molar-refractivity contribution is 5.29. The lowest BCUT2D eigenvalue weighted by molar-refractivity contribution is -0.147. The molecular formula is C12H21N3O4. The monoisotopic (exact) mass is 271 g/mol. The standard InChI is InChI=1S/C6H9N3.C6H12O4/c1-5-3-8-4-6(7-2)9-5;7-3-5-6(9)4(8)1-2-10-5/h3-4H,1-2H3,(H,7,9);4-9H,1-3H2. The van der Waals surface area contributed by atoms with Crippen molar-refractivity contribution in [2.75, 3.05) is 25.6 Å². The molecule has 7 heteroatoms. The first-order valence-electron chi connectivity index (χ1n) is 6.13. The molecule has 0 aliphatic carbocycles. The third kappa shape index (κ3) is 5.07. The lowest BCUT2D eigenvalue weighted by Crippen LogP contribution is -2.46. The number of aromatic nitrogens is 2. The largest absolute Gasteiger partial charge is 0.394 e. The first-order chi connectivity index (χ1) is 9.08. The average molecular weight is 271 g/mol. The van der Waals surface area contributed by atoms with Crippen LogP contribution in [0.4, 0.5) is 5.82 Å². The van der Waals surface area contributed by atoms with Crippen molar-refractivity contribution in [3.05, 3.63) is 18.1 Å². The number of hydrogen-bond donors (Lipinski definition) is 4. The van der Waals surface area contributed by atoms with E-state index in [9.17, 15) is 0 Å². The fraction of sp³-hybridized carbons (Fsp3) is 0.667. The normalized spacial score (nSPS) is 26.3. The third-order valence-corrected chi connectivity index (χ3v) is 2.71. The van der Waals surface area contributed by atoms with Gasteiger partial charge in [0, 0.05) is 19.9 Å². The molecule has 0 aromatic carbocycles. The van der Waals surface area contributed by atoms with Gasteiger partial charge in [0.25, 0.3) is 0 Å². The molecule has 7 nitrogen and oxygen atoms in total. The van der Waals surface area contributed by atoms with E-state index < -0.39 is 18.3 Å². The molecule has 0 spiro atoms. The Morgan fingerprint density at radius 3 is 2.63 bits per heavy atom. The number of anilines is 1. The Hall–Kier alpha value is -1.28. The molecule has 2 rings (SSSR count). The number of rotatable bonds is 2. The van der Waals surface area contributed by atoms with Gasteiger partial charge in [0.15, 0.2) is 0 Å². The van der Waals surface area contributed by atoms with E-state index >= 15 is 0 Å². The summed E-state index contributed by atoms with van der Waals surface area (Å²) in [7, 11) is 1.82. The quantitative estimate of drug-likeness (QED) is 0.564. The molecule has 0 radical (unpaired) electrons. The van der Waals surface area contributed by atoms with Crippen LogP contribution in [0.2, 0.25) is 0 Å². The molecule has 1 aliphatic rings. The van der Waals surface area contributed by atoms with Gasteiger partial charge in [0.05, 0.1) is 24.6 Å². The van der Waals surface area contributed by atoms with Gasteiger partial charge in [-0.05, 0) is 13.3 Å². The molecule has 0 saturated carbocycles. The van der Waals surface area contributed by atoms with Gasteiger partial charge in [-0.25, -0.2) is 4.98 Å². The minimum absolute atomic E-state index is 0.238. The van der Waals surface area contributed by atoms with Crippen molar-refractivity contribution >= 4 is 5.82 Å². The van der Waals surface area contributed by atoms with Gasteiger partial charge in [0.1, 0.15) is 18.0 Å². The van der Waals surface area contributed by atoms with Crippen LogP contribution < -0.4 is 5.32 Å². The summed E-state index contributed by atoms with van der Waals surface area (Å²) in [5, 5.41) is 29.6. The molecule has 1 aromatic heterocycles. The number of nitrogens with zero attached hydrogens (tertiary/aromatic N) is 2. The summed E-state index contributed by atoms with van der Waals surface area (Å²) >= 11 is 0. The minimum Gasteiger partial charge on any atom is -0.394 e. The van der Waals surface area contributed by atoms with E-state index in [1.807, 2.05) is 14.0 Å². The smallest absolute Gasteiger partial charge is 0.144 e. The summed E-state index contributed by atoms with van der Waals surface area (Å²) in [4.78, 5) is 8.05. The molecule has 3 unspecified atom stereocenters. The highest BCUT2D eigenvalue weighted by atomic mass is 16.5. The van der Waals surface area contributed by atoms with Crippen LogP contribution in [-0.2, 0) is 4.74 Å². The van der Waals surface area contributed by atoms with E-state index in [0.29, 0.717) is 13.0 Å². The number of hydrogen-bond acceptors (Lipinski definition) is 7. The summed E-state index contributed by atoms with van der Waals surface area (Å²) in [5.74, 6) is 0.815. The molecule has 108 valence electrons. The first kappa shape index (κ1) is 15.8. The van der Waals surface area contributed by atoms with Gasteiger partial charge in [-0.15, -0.1) is 0 Å². The number of aliphatic hydroxyl groups is 3. The van der Waals surface area contributed by atoms with E-state index in [1.54, 1.807) is 12.4 Å². The van der Waals surface area contributed by atoms with Crippen LogP contribution in [-0.4, -0.2) is 63.9 Å². The molecule has 0 bridgehead atoms. The van der Waals surface area contributed by atoms with Crippen LogP contribution in [0, 0.1) is 6.92 Å². The molecule has 1 aromatic rings. The fourth-order valence-electron chi connectivity index (χ4n) is 1.60. The van der Waals surface area contributed by atoms with Gasteiger partial charge in [-0.1, -0.05) is 0 Å². The van der Waals surface area contributed by atoms with E-state index in [2.05, 4.69) is 15.3 Å². The van der Waals surface area contributed by atoms with Crippen LogP contribution in [0.15, 0.2) is 12.4 Å². The van der Waals surface area contributed by atoms with Crippen molar-refractivity contribution in [1.29, 1.82) is 0 Å². The third-order valence-electron chi connectivity index (χ3n) is 2.71. The minimum atomic E-state index is -0.932. The lowest BCUT2D eigenvalue weighted by atomic mass is 10.0. The Balaban J connectivity index is 0.000000191. The molecule has 4 N–H and O–H groups in total. The highest BCUT2D eigenvalue weighted by Crippen LogP contribution is 2.13. The topological polar surface area (TPSA) is 108 Å². The Kier molecular flexibility index (Phi) is 6.65. The van der Waals surface area contributed by atoms with Gasteiger partial charge in [0.2, 0.25) is 0 Å². The summed E-state index contributed by atoms with van der Waals surface area (Å²) < 4.78 is 4.95. The molecule has 1 aliphatic heterocycles. The predicted octanol–water partition coefficient (Wildman–Crippen LogP) is -0.684. The second-order valence-electron chi connectivity index (χ2n) is 4.23. The zero-order valence-corrected chi connectivity index (χ0v) is 11.2. The van der Waals surface area contributed by atoms with Crippen LogP contribution in [0.3, 0.4) is 0 Å². The second-order valence-corrected chi connectivity index (χ2v) is 4.23. The van der Waals surface area contributed by atoms with Crippen molar-refractivity contribution in [3.8, 4) is 0 Å². The van der Waals surface area contributed by atoms with Gasteiger partial charge >= 0.3 is 0 Å². The van der Waals surface area contributed by atoms with Crippen LogP contribution >= 0.6 is 0 Å². The zero-order chi connectivity index (χ0) is 14.3. The molecule has 1 saturated heterocycles. The maximum Gasteiger partial charge on any atom is 0.144 e. The molecule has 1 fully saturated rings. The van der Waals surface area contributed by atoms with Crippen molar-refractivity contribution in [2.24, 2.45) is 0 Å². The maximum atomic E-state index is 9.10. The average Bonchev–Trinajstić information content (AvgIpc) is 2.42. The van der Waals surface area contributed by atoms with E-state index in [-0.39, 0.29) is 6.61 Å². The van der Waals surface area contributed by atoms with Crippen LogP contribution in [0.5, 0.6) is 0 Å². The lowest BCUT2D eigenvalue weighted by Gasteiger charge is -2.30. The molecular weight excluding hydrogens is 250 g/mol. The van der Waals surface area contributed by atoms with Crippen molar-refractivity contribution in [2.45, 2.75) is 31.7 Å². The molecule has 19 heavy (non-hydrogen) atoms. The van der Waals surface area contributed by atoms with Crippen LogP contribution in [0.25, 0.3) is 0 Å². The Labute approximate surface area is 112 Å². The van der Waals surface area contributed by atoms with Crippen molar-refractivity contribution in [3.63, 3.8) is 0 Å². The van der Waals surface area contributed by atoms with E-state index in [0.717, 1.165) is 11.5 Å². The van der Waals surface area contributed by atoms with Gasteiger partial charge in [-0.3, -0.25) is 4.98 Å². The number of nitrogens with one attached hydrogen (secondary N) is 1. The number of ether oxygens (including phenoxy) is 1. The fourth-order valence-corrected chi connectivity index (χ4v) is 1.60. The Morgan fingerprint density at radius 1 is 1.42 bits per heavy atom. The van der Waals surface area contributed by atoms with Gasteiger partial charge < -0.3 is 25.4 Å². The molecule has 0 amide bonds. The molecule has 2 heterocycles. The SMILES string of the molecule is CNc1cncc(C)n1.OCC1OCCC(O)C1O. The summed E-state index contributed by atoms with van der Waals surface area (Å²) in [5.41, 5.74) is 0.932.